The second-order valence-corrected chi connectivity index (χ2v) is 13.1. The zero-order valence-corrected chi connectivity index (χ0v) is 25.7. The molecule has 2 atom stereocenters. The van der Waals surface area contributed by atoms with Gasteiger partial charge in [-0.25, -0.2) is 4.90 Å². The zero-order chi connectivity index (χ0) is 30.2. The lowest BCUT2D eigenvalue weighted by Crippen LogP contribution is -3.14. The van der Waals surface area contributed by atoms with E-state index in [4.69, 9.17) is 4.99 Å². The molecule has 1 aliphatic heterocycles. The molecule has 0 aliphatic carbocycles. The second-order valence-electron chi connectivity index (χ2n) is 12.0. The Morgan fingerprint density at radius 1 is 0.543 bits per heavy atom. The Morgan fingerprint density at radius 3 is 1.91 bits per heavy atom. The summed E-state index contributed by atoms with van der Waals surface area (Å²) < 4.78 is 5.15. The maximum Gasteiger partial charge on any atom is 0.241 e. The van der Waals surface area contributed by atoms with Gasteiger partial charge in [0.1, 0.15) is 5.69 Å². The first-order chi connectivity index (χ1) is 22.8. The summed E-state index contributed by atoms with van der Waals surface area (Å²) in [6.07, 6.45) is 0.0278. The summed E-state index contributed by atoms with van der Waals surface area (Å²) in [7, 11) is 0. The molecule has 3 nitrogen and oxygen atoms in total. The van der Waals surface area contributed by atoms with Crippen LogP contribution in [0.1, 0.15) is 17.3 Å². The van der Waals surface area contributed by atoms with Crippen molar-refractivity contribution >= 4 is 75.6 Å². The number of aromatic nitrogens is 1. The predicted octanol–water partition coefficient (Wildman–Crippen LogP) is 9.98. The number of rotatable bonds is 4. The summed E-state index contributed by atoms with van der Waals surface area (Å²) in [6, 6.07) is 57.1. The molecule has 2 aromatic heterocycles. The standard InChI is InChI=1S/C42H27N3S/c1-3-13-27(14-4-1)41-43-42(28-15-5-2-6-16-28)45(41)30-25-23-29(24-26-30)44-35-21-11-9-19-33(35)37-31-17-7-8-18-32(31)38-34-20-10-12-22-36(34)46-40(38)39(37)44/h1-26,41H/p+1. The SMILES string of the molecule is c1ccc(C2=NC(c3ccccc3)[NH+]2c2ccc(-n3c4ccccc4c4c5ccccc5c5c6ccccc6sc5c43)cc2)cc1. The molecule has 0 saturated carbocycles. The molecule has 3 heterocycles. The van der Waals surface area contributed by atoms with Gasteiger partial charge in [-0.1, -0.05) is 109 Å². The minimum Gasteiger partial charge on any atom is -0.308 e. The number of hydrogen-bond acceptors (Lipinski definition) is 2. The second kappa shape index (κ2) is 9.98. The van der Waals surface area contributed by atoms with E-state index in [2.05, 4.69) is 162 Å². The number of thiophene rings is 1. The van der Waals surface area contributed by atoms with Gasteiger partial charge in [0, 0.05) is 49.6 Å². The van der Waals surface area contributed by atoms with E-state index in [-0.39, 0.29) is 6.17 Å². The summed E-state index contributed by atoms with van der Waals surface area (Å²) in [5, 5.41) is 7.91. The van der Waals surface area contributed by atoms with Gasteiger partial charge in [-0.2, -0.15) is 4.99 Å². The number of hydrogen-bond donors (Lipinski definition) is 1. The van der Waals surface area contributed by atoms with E-state index in [9.17, 15) is 0 Å². The molecule has 0 radical (unpaired) electrons. The first kappa shape index (κ1) is 25.7. The highest BCUT2D eigenvalue weighted by molar-refractivity contribution is 7.27. The molecule has 46 heavy (non-hydrogen) atoms. The predicted molar refractivity (Wildman–Crippen MR) is 194 cm³/mol. The van der Waals surface area contributed by atoms with Crippen molar-refractivity contribution in [2.75, 3.05) is 0 Å². The van der Waals surface area contributed by atoms with Crippen LogP contribution in [0.25, 0.3) is 58.4 Å². The van der Waals surface area contributed by atoms with Gasteiger partial charge >= 0.3 is 0 Å². The Bertz CT molecular complexity index is 2630. The Morgan fingerprint density at radius 2 is 1.15 bits per heavy atom. The van der Waals surface area contributed by atoms with E-state index in [1.54, 1.807) is 0 Å². The van der Waals surface area contributed by atoms with E-state index in [1.807, 2.05) is 11.3 Å². The average Bonchev–Trinajstić information content (AvgIpc) is 3.66. The molecule has 0 amide bonds. The largest absolute Gasteiger partial charge is 0.308 e. The maximum absolute atomic E-state index is 5.13. The lowest BCUT2D eigenvalue weighted by Gasteiger charge is -2.34. The third-order valence-electron chi connectivity index (χ3n) is 9.54. The number of para-hydroxylation sites is 1. The van der Waals surface area contributed by atoms with Gasteiger partial charge in [-0.3, -0.25) is 0 Å². The molecule has 7 aromatic carbocycles. The third kappa shape index (κ3) is 3.66. The highest BCUT2D eigenvalue weighted by Gasteiger charge is 2.41. The first-order valence-electron chi connectivity index (χ1n) is 15.8. The molecule has 4 heteroatoms. The molecule has 0 spiro atoms. The van der Waals surface area contributed by atoms with Crippen LogP contribution in [0.15, 0.2) is 163 Å². The fourth-order valence-corrected chi connectivity index (χ4v) is 8.77. The number of fused-ring (bicyclic) bond motifs is 10. The number of nitrogens with one attached hydrogen (secondary N) is 1. The fraction of sp³-hybridized carbons (Fsp3) is 0.0238. The highest BCUT2D eigenvalue weighted by atomic mass is 32.1. The van der Waals surface area contributed by atoms with Crippen molar-refractivity contribution in [2.24, 2.45) is 4.99 Å². The Kier molecular flexibility index (Phi) is 5.58. The summed E-state index contributed by atoms with van der Waals surface area (Å²) in [5.74, 6) is 1.08. The van der Waals surface area contributed by atoms with Crippen LogP contribution in [0.4, 0.5) is 5.69 Å². The fourth-order valence-electron chi connectivity index (χ4n) is 7.51. The van der Waals surface area contributed by atoms with Crippen LogP contribution >= 0.6 is 11.3 Å². The summed E-state index contributed by atoms with van der Waals surface area (Å²) >= 11 is 1.91. The molecule has 0 saturated heterocycles. The lowest BCUT2D eigenvalue weighted by atomic mass is 9.99. The minimum atomic E-state index is 0.0278. The van der Waals surface area contributed by atoms with Gasteiger partial charge in [0.15, 0.2) is 0 Å². The molecule has 216 valence electrons. The van der Waals surface area contributed by atoms with Gasteiger partial charge in [0.05, 0.1) is 21.3 Å². The van der Waals surface area contributed by atoms with Crippen molar-refractivity contribution in [3.05, 3.63) is 169 Å². The number of amidine groups is 1. The summed E-state index contributed by atoms with van der Waals surface area (Å²) in [4.78, 5) is 6.42. The molecule has 1 N–H and O–H groups in total. The van der Waals surface area contributed by atoms with Crippen molar-refractivity contribution < 1.29 is 4.90 Å². The van der Waals surface area contributed by atoms with E-state index in [0.717, 1.165) is 11.4 Å². The van der Waals surface area contributed by atoms with Crippen molar-refractivity contribution in [1.29, 1.82) is 0 Å². The number of nitrogens with zero attached hydrogens (tertiary/aromatic N) is 2. The van der Waals surface area contributed by atoms with Crippen LogP contribution in [-0.4, -0.2) is 10.4 Å². The number of benzene rings is 7. The third-order valence-corrected chi connectivity index (χ3v) is 10.7. The topological polar surface area (TPSA) is 21.7 Å². The van der Waals surface area contributed by atoms with E-state index < -0.39 is 0 Å². The number of quaternary nitrogens is 1. The van der Waals surface area contributed by atoms with Crippen LogP contribution in [0.2, 0.25) is 0 Å². The van der Waals surface area contributed by atoms with Crippen LogP contribution in [-0.2, 0) is 0 Å². The van der Waals surface area contributed by atoms with Gasteiger partial charge in [-0.15, -0.1) is 11.3 Å². The van der Waals surface area contributed by atoms with Crippen LogP contribution in [0, 0.1) is 0 Å². The monoisotopic (exact) mass is 606 g/mol. The highest BCUT2D eigenvalue weighted by Crippen LogP contribution is 2.47. The Labute approximate surface area is 269 Å². The van der Waals surface area contributed by atoms with Crippen molar-refractivity contribution in [1.82, 2.24) is 4.57 Å². The molecule has 10 rings (SSSR count). The average molecular weight is 607 g/mol. The van der Waals surface area contributed by atoms with Gasteiger partial charge in [0.2, 0.25) is 12.0 Å². The van der Waals surface area contributed by atoms with E-state index in [0.29, 0.717) is 0 Å². The van der Waals surface area contributed by atoms with Crippen molar-refractivity contribution in [3.63, 3.8) is 0 Å². The molecule has 0 bridgehead atoms. The summed E-state index contributed by atoms with van der Waals surface area (Å²) in [6.45, 7) is 0. The molecule has 2 unspecified atom stereocenters. The van der Waals surface area contributed by atoms with Crippen LogP contribution in [0.3, 0.4) is 0 Å². The van der Waals surface area contributed by atoms with Gasteiger partial charge in [0.25, 0.3) is 0 Å². The smallest absolute Gasteiger partial charge is 0.241 e. The Balaban J connectivity index is 1.21. The lowest BCUT2D eigenvalue weighted by molar-refractivity contribution is -0.792. The number of aliphatic imine (C=N–C) groups is 1. The first-order valence-corrected chi connectivity index (χ1v) is 16.6. The van der Waals surface area contributed by atoms with Crippen molar-refractivity contribution in [2.45, 2.75) is 6.17 Å². The molecular weight excluding hydrogens is 579 g/mol. The van der Waals surface area contributed by atoms with Gasteiger partial charge < -0.3 is 4.57 Å². The van der Waals surface area contributed by atoms with Crippen molar-refractivity contribution in [3.8, 4) is 5.69 Å². The van der Waals surface area contributed by atoms with Crippen LogP contribution in [0.5, 0.6) is 0 Å². The molecule has 0 fully saturated rings. The normalized spacial score (nSPS) is 16.4. The Hall–Kier alpha value is -5.55. The zero-order valence-electron chi connectivity index (χ0n) is 24.9. The molecule has 1 aliphatic rings. The molecule has 9 aromatic rings. The van der Waals surface area contributed by atoms with E-state index in [1.165, 1.54) is 74.6 Å². The minimum absolute atomic E-state index is 0.0278. The van der Waals surface area contributed by atoms with Crippen LogP contribution < -0.4 is 4.90 Å². The maximum atomic E-state index is 5.13. The quantitative estimate of drug-likeness (QED) is 0.206. The summed E-state index contributed by atoms with van der Waals surface area (Å²) in [5.41, 5.74) is 7.28. The van der Waals surface area contributed by atoms with Gasteiger partial charge in [-0.05, 0) is 47.2 Å². The van der Waals surface area contributed by atoms with E-state index >= 15 is 0 Å². The molecular formula is C42H28N3S+.